The molecule has 0 N–H and O–H groups in total. The summed E-state index contributed by atoms with van der Waals surface area (Å²) < 4.78 is 2.03. The van der Waals surface area contributed by atoms with Crippen LogP contribution in [0, 0.1) is 0 Å². The zero-order valence-corrected chi connectivity index (χ0v) is 12.8. The first-order chi connectivity index (χ1) is 10.6. The van der Waals surface area contributed by atoms with Crippen LogP contribution in [0.1, 0.15) is 18.0 Å². The van der Waals surface area contributed by atoms with Crippen molar-refractivity contribution in [3.05, 3.63) is 78.3 Å². The average molecular weight is 311 g/mol. The van der Waals surface area contributed by atoms with Crippen molar-refractivity contribution in [3.8, 4) is 11.3 Å². The lowest BCUT2D eigenvalue weighted by Gasteiger charge is -2.14. The van der Waals surface area contributed by atoms with Crippen LogP contribution in [0.3, 0.4) is 0 Å². The Kier molecular flexibility index (Phi) is 3.82. The van der Waals surface area contributed by atoms with Gasteiger partial charge in [-0.15, -0.1) is 0 Å². The maximum atomic E-state index is 12.6. The van der Waals surface area contributed by atoms with E-state index in [4.69, 9.17) is 11.6 Å². The Morgan fingerprint density at radius 2 is 2.18 bits per heavy atom. The van der Waals surface area contributed by atoms with Gasteiger partial charge >= 0.3 is 0 Å². The highest BCUT2D eigenvalue weighted by Crippen LogP contribution is 2.41. The van der Waals surface area contributed by atoms with Crippen molar-refractivity contribution in [2.75, 3.05) is 0 Å². The zero-order valence-electron chi connectivity index (χ0n) is 12.0. The number of benzene rings is 1. The molecule has 0 bridgehead atoms. The van der Waals surface area contributed by atoms with E-state index in [2.05, 4.69) is 18.1 Å². The van der Waals surface area contributed by atoms with Crippen molar-refractivity contribution in [1.29, 1.82) is 0 Å². The summed E-state index contributed by atoms with van der Waals surface area (Å²) in [5.41, 5.74) is 3.69. The Labute approximate surface area is 134 Å². The van der Waals surface area contributed by atoms with E-state index in [-0.39, 0.29) is 16.9 Å². The number of ketones is 1. The first kappa shape index (κ1) is 14.5. The summed E-state index contributed by atoms with van der Waals surface area (Å²) in [6, 6.07) is 8.01. The quantitative estimate of drug-likeness (QED) is 0.610. The standard InChI is InChI=1S/C18H15ClN2O/c1-3-6-13(12(2)19)18(22)9-16-14-7-4-5-8-15(14)17-10-20-11-21(16)17/h3-8,10-11,16H,1-2,9H2/b13-6+. The maximum absolute atomic E-state index is 12.6. The third-order valence-electron chi connectivity index (χ3n) is 3.85. The molecule has 3 nitrogen and oxygen atoms in total. The normalized spacial score (nSPS) is 16.0. The summed E-state index contributed by atoms with van der Waals surface area (Å²) in [4.78, 5) is 16.8. The third-order valence-corrected chi connectivity index (χ3v) is 4.06. The highest BCUT2D eigenvalue weighted by Gasteiger charge is 2.30. The summed E-state index contributed by atoms with van der Waals surface area (Å²) in [5.74, 6) is -0.0544. The van der Waals surface area contributed by atoms with Crippen LogP contribution in [0.5, 0.6) is 0 Å². The molecule has 1 aromatic heterocycles. The number of carbonyl (C=O) groups excluding carboxylic acids is 1. The second kappa shape index (κ2) is 5.78. The molecule has 110 valence electrons. The summed E-state index contributed by atoms with van der Waals surface area (Å²) in [7, 11) is 0. The van der Waals surface area contributed by atoms with Gasteiger partial charge in [0.15, 0.2) is 5.78 Å². The van der Waals surface area contributed by atoms with Crippen LogP contribution in [0.15, 0.2) is 72.7 Å². The number of hydrogen-bond acceptors (Lipinski definition) is 2. The number of fused-ring (bicyclic) bond motifs is 3. The monoisotopic (exact) mass is 310 g/mol. The fourth-order valence-corrected chi connectivity index (χ4v) is 3.05. The second-order valence-electron chi connectivity index (χ2n) is 5.14. The van der Waals surface area contributed by atoms with Gasteiger partial charge in [-0.05, 0) is 5.56 Å². The van der Waals surface area contributed by atoms with Crippen LogP contribution in [0.25, 0.3) is 11.3 Å². The number of imidazole rings is 1. The second-order valence-corrected chi connectivity index (χ2v) is 5.59. The van der Waals surface area contributed by atoms with Crippen LogP contribution < -0.4 is 0 Å². The van der Waals surface area contributed by atoms with E-state index in [9.17, 15) is 4.79 Å². The fraction of sp³-hybridized carbons (Fsp3) is 0.111. The first-order valence-corrected chi connectivity index (χ1v) is 7.33. The number of aromatic nitrogens is 2. The SMILES string of the molecule is C=C/C=C(\C(=C)Cl)C(=O)CC1c2ccccc2-c2cncn21. The lowest BCUT2D eigenvalue weighted by molar-refractivity contribution is -0.115. The zero-order chi connectivity index (χ0) is 15.7. The molecular formula is C18H15ClN2O. The third kappa shape index (κ3) is 2.34. The van der Waals surface area contributed by atoms with Gasteiger partial charge in [0.1, 0.15) is 0 Å². The van der Waals surface area contributed by atoms with Gasteiger partial charge in [0.05, 0.1) is 24.3 Å². The van der Waals surface area contributed by atoms with Crippen molar-refractivity contribution in [2.45, 2.75) is 12.5 Å². The first-order valence-electron chi connectivity index (χ1n) is 6.95. The van der Waals surface area contributed by atoms with Gasteiger partial charge in [0.25, 0.3) is 0 Å². The predicted molar refractivity (Wildman–Crippen MR) is 88.7 cm³/mol. The number of nitrogens with zero attached hydrogens (tertiary/aromatic N) is 2. The maximum Gasteiger partial charge on any atom is 0.166 e. The largest absolute Gasteiger partial charge is 0.322 e. The molecule has 1 unspecified atom stereocenters. The lowest BCUT2D eigenvalue weighted by Crippen LogP contribution is -2.13. The Morgan fingerprint density at radius 3 is 2.91 bits per heavy atom. The van der Waals surface area contributed by atoms with E-state index in [1.807, 2.05) is 35.0 Å². The van der Waals surface area contributed by atoms with E-state index in [1.54, 1.807) is 18.5 Å². The summed E-state index contributed by atoms with van der Waals surface area (Å²) in [6.45, 7) is 7.27. The van der Waals surface area contributed by atoms with Crippen molar-refractivity contribution >= 4 is 17.4 Å². The number of hydrogen-bond donors (Lipinski definition) is 0. The summed E-state index contributed by atoms with van der Waals surface area (Å²) in [6.07, 6.45) is 7.05. The van der Waals surface area contributed by atoms with Gasteiger partial charge in [0, 0.05) is 22.6 Å². The Bertz CT molecular complexity index is 801. The topological polar surface area (TPSA) is 34.9 Å². The minimum absolute atomic E-state index is 0.0544. The van der Waals surface area contributed by atoms with E-state index in [0.717, 1.165) is 16.8 Å². The van der Waals surface area contributed by atoms with Gasteiger partial charge < -0.3 is 4.57 Å². The molecule has 0 amide bonds. The number of allylic oxidation sites excluding steroid dienone is 4. The molecule has 22 heavy (non-hydrogen) atoms. The summed E-state index contributed by atoms with van der Waals surface area (Å²) in [5, 5.41) is 0.238. The Balaban J connectivity index is 1.97. The summed E-state index contributed by atoms with van der Waals surface area (Å²) >= 11 is 5.93. The number of carbonyl (C=O) groups is 1. The van der Waals surface area contributed by atoms with E-state index < -0.39 is 0 Å². The number of Topliss-reactive ketones (excluding diaryl/α,β-unsaturated/α-hetero) is 1. The van der Waals surface area contributed by atoms with Crippen molar-refractivity contribution in [3.63, 3.8) is 0 Å². The van der Waals surface area contributed by atoms with Crippen LogP contribution >= 0.6 is 11.6 Å². The number of halogens is 1. The van der Waals surface area contributed by atoms with E-state index >= 15 is 0 Å². The Morgan fingerprint density at radius 1 is 1.41 bits per heavy atom. The van der Waals surface area contributed by atoms with E-state index in [0.29, 0.717) is 12.0 Å². The molecule has 4 heteroatoms. The highest BCUT2D eigenvalue weighted by atomic mass is 35.5. The van der Waals surface area contributed by atoms with Crippen molar-refractivity contribution in [1.82, 2.24) is 9.55 Å². The molecule has 3 rings (SSSR count). The van der Waals surface area contributed by atoms with Gasteiger partial charge in [-0.2, -0.15) is 0 Å². The van der Waals surface area contributed by atoms with E-state index in [1.165, 1.54) is 0 Å². The number of rotatable bonds is 5. The molecule has 1 atom stereocenters. The molecule has 0 saturated carbocycles. The van der Waals surface area contributed by atoms with Crippen molar-refractivity contribution in [2.24, 2.45) is 0 Å². The fourth-order valence-electron chi connectivity index (χ4n) is 2.88. The molecule has 1 aliphatic rings. The smallest absolute Gasteiger partial charge is 0.166 e. The Hall–Kier alpha value is -2.39. The molecule has 0 saturated heterocycles. The molecule has 2 heterocycles. The molecule has 2 aromatic rings. The molecule has 0 fully saturated rings. The molecule has 1 aliphatic heterocycles. The van der Waals surface area contributed by atoms with Gasteiger partial charge in [0.2, 0.25) is 0 Å². The van der Waals surface area contributed by atoms with Gasteiger partial charge in [-0.1, -0.05) is 61.2 Å². The highest BCUT2D eigenvalue weighted by molar-refractivity contribution is 6.35. The molecule has 1 aromatic carbocycles. The molecule has 0 spiro atoms. The minimum Gasteiger partial charge on any atom is -0.322 e. The van der Waals surface area contributed by atoms with Crippen molar-refractivity contribution < 1.29 is 4.79 Å². The van der Waals surface area contributed by atoms with Crippen LogP contribution in [-0.4, -0.2) is 15.3 Å². The molecule has 0 aliphatic carbocycles. The average Bonchev–Trinajstić information content (AvgIpc) is 3.07. The lowest BCUT2D eigenvalue weighted by atomic mass is 9.96. The minimum atomic E-state index is -0.0644. The van der Waals surface area contributed by atoms with Crippen LogP contribution in [-0.2, 0) is 4.79 Å². The molecule has 0 radical (unpaired) electrons. The van der Waals surface area contributed by atoms with Gasteiger partial charge in [-0.25, -0.2) is 4.98 Å². The predicted octanol–water partition coefficient (Wildman–Crippen LogP) is 4.28. The van der Waals surface area contributed by atoms with Gasteiger partial charge in [-0.3, -0.25) is 4.79 Å². The molecular weight excluding hydrogens is 296 g/mol. The van der Waals surface area contributed by atoms with Crippen LogP contribution in [0.2, 0.25) is 0 Å². The van der Waals surface area contributed by atoms with Crippen LogP contribution in [0.4, 0.5) is 0 Å².